The molecule has 5 heteroatoms. The van der Waals surface area contributed by atoms with Gasteiger partial charge in [-0.3, -0.25) is 0 Å². The number of halogens is 1. The Morgan fingerprint density at radius 1 is 1.47 bits per heavy atom. The average molecular weight is 254 g/mol. The number of aliphatic imine (C=N–C) groups is 1. The van der Waals surface area contributed by atoms with Gasteiger partial charge in [-0.15, -0.1) is 0 Å². The van der Waals surface area contributed by atoms with Crippen molar-refractivity contribution in [1.82, 2.24) is 0 Å². The highest BCUT2D eigenvalue weighted by Gasteiger charge is 2.32. The summed E-state index contributed by atoms with van der Waals surface area (Å²) in [5, 5.41) is 0.736. The second kappa shape index (κ2) is 4.45. The van der Waals surface area contributed by atoms with Gasteiger partial charge in [0.15, 0.2) is 0 Å². The van der Waals surface area contributed by atoms with Crippen molar-refractivity contribution < 1.29 is 4.74 Å². The molecule has 92 valence electrons. The van der Waals surface area contributed by atoms with Gasteiger partial charge in [-0.25, -0.2) is 4.99 Å². The van der Waals surface area contributed by atoms with Gasteiger partial charge in [-0.2, -0.15) is 0 Å². The first-order chi connectivity index (χ1) is 7.98. The van der Waals surface area contributed by atoms with E-state index in [4.69, 9.17) is 22.1 Å². The molecule has 0 fully saturated rings. The third kappa shape index (κ3) is 2.82. The molecule has 2 N–H and O–H groups in total. The second-order valence-electron chi connectivity index (χ2n) is 4.57. The van der Waals surface area contributed by atoms with Crippen LogP contribution < -0.4 is 10.6 Å². The normalized spacial score (nSPS) is 23.1. The lowest BCUT2D eigenvalue weighted by Gasteiger charge is -2.27. The van der Waals surface area contributed by atoms with Crippen LogP contribution in [0.3, 0.4) is 0 Å². The summed E-state index contributed by atoms with van der Waals surface area (Å²) in [6, 6.07) is 7.98. The van der Waals surface area contributed by atoms with E-state index in [1.165, 1.54) is 0 Å². The Balaban J connectivity index is 2.07. The van der Waals surface area contributed by atoms with Crippen molar-refractivity contribution in [1.29, 1.82) is 0 Å². The molecule has 0 aliphatic carbocycles. The van der Waals surface area contributed by atoms with E-state index in [0.29, 0.717) is 6.61 Å². The minimum Gasteiger partial charge on any atom is -0.463 e. The van der Waals surface area contributed by atoms with Crippen LogP contribution in [0.15, 0.2) is 29.3 Å². The summed E-state index contributed by atoms with van der Waals surface area (Å²) < 4.78 is 5.20. The first kappa shape index (κ1) is 12.0. The molecule has 1 atom stereocenters. The highest BCUT2D eigenvalue weighted by molar-refractivity contribution is 6.30. The number of nitrogens with two attached hydrogens (primary N) is 1. The maximum Gasteiger partial charge on any atom is 0.282 e. The molecule has 1 aliphatic heterocycles. The molecule has 2 rings (SSSR count). The van der Waals surface area contributed by atoms with Crippen molar-refractivity contribution in [3.05, 3.63) is 29.3 Å². The van der Waals surface area contributed by atoms with Crippen molar-refractivity contribution >= 4 is 23.3 Å². The van der Waals surface area contributed by atoms with Gasteiger partial charge in [0.25, 0.3) is 6.02 Å². The summed E-state index contributed by atoms with van der Waals surface area (Å²) in [7, 11) is 2.01. The highest BCUT2D eigenvalue weighted by atomic mass is 35.5. The quantitative estimate of drug-likeness (QED) is 0.895. The van der Waals surface area contributed by atoms with Gasteiger partial charge < -0.3 is 15.4 Å². The van der Waals surface area contributed by atoms with Crippen LogP contribution in [0, 0.1) is 0 Å². The van der Waals surface area contributed by atoms with Gasteiger partial charge in [0.1, 0.15) is 12.1 Å². The SMILES string of the molecule is CN(C[C@@]1(C)COC(N)=N1)c1ccc(Cl)cc1. The molecule has 0 saturated carbocycles. The fraction of sp³-hybridized carbons (Fsp3) is 0.417. The number of nitrogens with zero attached hydrogens (tertiary/aromatic N) is 2. The summed E-state index contributed by atoms with van der Waals surface area (Å²) in [4.78, 5) is 6.42. The van der Waals surface area contributed by atoms with Crippen molar-refractivity contribution in [2.24, 2.45) is 10.7 Å². The van der Waals surface area contributed by atoms with Crippen molar-refractivity contribution in [3.8, 4) is 0 Å². The minimum absolute atomic E-state index is 0.275. The van der Waals surface area contributed by atoms with Gasteiger partial charge in [-0.1, -0.05) is 11.6 Å². The van der Waals surface area contributed by atoms with Crippen LogP contribution in [0.5, 0.6) is 0 Å². The monoisotopic (exact) mass is 253 g/mol. The van der Waals surface area contributed by atoms with Gasteiger partial charge in [0, 0.05) is 24.3 Å². The van der Waals surface area contributed by atoms with Crippen LogP contribution >= 0.6 is 11.6 Å². The molecule has 0 bridgehead atoms. The van der Waals surface area contributed by atoms with Crippen LogP contribution in [0.4, 0.5) is 5.69 Å². The molecular weight excluding hydrogens is 238 g/mol. The van der Waals surface area contributed by atoms with Crippen LogP contribution in [-0.4, -0.2) is 31.8 Å². The van der Waals surface area contributed by atoms with Crippen LogP contribution in [0.1, 0.15) is 6.92 Å². The predicted octanol–water partition coefficient (Wildman–Crippen LogP) is 1.88. The second-order valence-corrected chi connectivity index (χ2v) is 5.00. The first-order valence-electron chi connectivity index (χ1n) is 5.43. The summed E-state index contributed by atoms with van der Waals surface area (Å²) in [5.74, 6) is 0. The van der Waals surface area contributed by atoms with E-state index >= 15 is 0 Å². The van der Waals surface area contributed by atoms with Gasteiger partial charge in [0.2, 0.25) is 0 Å². The lowest BCUT2D eigenvalue weighted by molar-refractivity contribution is 0.267. The molecule has 0 spiro atoms. The molecule has 1 aromatic rings. The smallest absolute Gasteiger partial charge is 0.282 e. The fourth-order valence-electron chi connectivity index (χ4n) is 1.94. The van der Waals surface area contributed by atoms with E-state index in [1.807, 2.05) is 38.2 Å². The number of hydrogen-bond donors (Lipinski definition) is 1. The summed E-state index contributed by atoms with van der Waals surface area (Å²) in [6.07, 6.45) is 0. The molecule has 1 aromatic carbocycles. The molecule has 0 unspecified atom stereocenters. The summed E-state index contributed by atoms with van der Waals surface area (Å²) >= 11 is 5.86. The minimum atomic E-state index is -0.279. The number of likely N-dealkylation sites (N-methyl/N-ethyl adjacent to an activating group) is 1. The van der Waals surface area contributed by atoms with Crippen LogP contribution in [0.2, 0.25) is 5.02 Å². The lowest BCUT2D eigenvalue weighted by atomic mass is 10.0. The summed E-state index contributed by atoms with van der Waals surface area (Å²) in [6.45, 7) is 3.30. The number of hydrogen-bond acceptors (Lipinski definition) is 4. The zero-order valence-corrected chi connectivity index (χ0v) is 10.7. The van der Waals surface area contributed by atoms with E-state index in [2.05, 4.69) is 9.89 Å². The number of amidine groups is 1. The number of rotatable bonds is 3. The molecule has 0 aromatic heterocycles. The van der Waals surface area contributed by atoms with Crippen molar-refractivity contribution in [3.63, 3.8) is 0 Å². The Bertz CT molecular complexity index is 432. The van der Waals surface area contributed by atoms with E-state index in [9.17, 15) is 0 Å². The van der Waals surface area contributed by atoms with Gasteiger partial charge in [-0.05, 0) is 31.2 Å². The molecule has 0 saturated heterocycles. The zero-order valence-electron chi connectivity index (χ0n) is 9.98. The van der Waals surface area contributed by atoms with Crippen molar-refractivity contribution in [2.45, 2.75) is 12.5 Å². The molecule has 1 aliphatic rings. The van der Waals surface area contributed by atoms with Crippen molar-refractivity contribution in [2.75, 3.05) is 25.1 Å². The molecule has 0 amide bonds. The average Bonchev–Trinajstić information content (AvgIpc) is 2.59. The number of benzene rings is 1. The molecule has 17 heavy (non-hydrogen) atoms. The van der Waals surface area contributed by atoms with Gasteiger partial charge in [0.05, 0.1) is 0 Å². The third-order valence-corrected chi connectivity index (χ3v) is 3.01. The number of ether oxygens (including phenoxy) is 1. The Morgan fingerprint density at radius 3 is 2.65 bits per heavy atom. The van der Waals surface area contributed by atoms with Crippen LogP contribution in [-0.2, 0) is 4.74 Å². The van der Waals surface area contributed by atoms with Crippen LogP contribution in [0.25, 0.3) is 0 Å². The Hall–Kier alpha value is -1.42. The Labute approximate surface area is 106 Å². The molecular formula is C12H16ClN3O. The maximum atomic E-state index is 5.86. The van der Waals surface area contributed by atoms with Gasteiger partial charge >= 0.3 is 0 Å². The highest BCUT2D eigenvalue weighted by Crippen LogP contribution is 2.22. The molecule has 1 heterocycles. The Kier molecular flexibility index (Phi) is 3.15. The predicted molar refractivity (Wildman–Crippen MR) is 70.7 cm³/mol. The topological polar surface area (TPSA) is 50.9 Å². The fourth-order valence-corrected chi connectivity index (χ4v) is 2.06. The van der Waals surface area contributed by atoms with E-state index in [-0.39, 0.29) is 11.6 Å². The molecule has 0 radical (unpaired) electrons. The zero-order chi connectivity index (χ0) is 12.5. The molecule has 4 nitrogen and oxygen atoms in total. The van der Waals surface area contributed by atoms with E-state index < -0.39 is 0 Å². The maximum absolute atomic E-state index is 5.86. The largest absolute Gasteiger partial charge is 0.463 e. The van der Waals surface area contributed by atoms with E-state index in [0.717, 1.165) is 17.3 Å². The van der Waals surface area contributed by atoms with E-state index in [1.54, 1.807) is 0 Å². The summed E-state index contributed by atoms with van der Waals surface area (Å²) in [5.41, 5.74) is 6.35. The number of anilines is 1. The Morgan fingerprint density at radius 2 is 2.12 bits per heavy atom. The first-order valence-corrected chi connectivity index (χ1v) is 5.81. The lowest BCUT2D eigenvalue weighted by Crippen LogP contribution is -2.38. The standard InChI is InChI=1S/C12H16ClN3O/c1-12(8-17-11(14)15-12)7-16(2)10-5-3-9(13)4-6-10/h3-6H,7-8H2,1-2H3,(H2,14,15)/t12-/m0/s1. The third-order valence-electron chi connectivity index (χ3n) is 2.76.